The molecule has 0 aliphatic carbocycles. The molecule has 96 valence electrons. The van der Waals surface area contributed by atoms with E-state index in [-0.39, 0.29) is 17.6 Å². The monoisotopic (exact) mass is 249 g/mol. The number of carbonyl (C=O) groups excluding carboxylic acids is 1. The first-order valence-electron chi connectivity index (χ1n) is 5.71. The number of urea groups is 1. The number of nitrogens with zero attached hydrogens (tertiary/aromatic N) is 1. The molecule has 1 fully saturated rings. The topological polar surface area (TPSA) is 95.7 Å². The van der Waals surface area contributed by atoms with Gasteiger partial charge < -0.3 is 21.1 Å². The third-order valence-electron chi connectivity index (χ3n) is 2.90. The number of carboxylic acid groups (broad SMARTS) is 1. The zero-order valence-electron chi connectivity index (χ0n) is 9.80. The quantitative estimate of drug-likeness (QED) is 0.727. The van der Waals surface area contributed by atoms with Crippen LogP contribution in [0.3, 0.4) is 0 Å². The number of anilines is 1. The second-order valence-electron chi connectivity index (χ2n) is 4.31. The number of rotatable bonds is 2. The van der Waals surface area contributed by atoms with Crippen molar-refractivity contribution < 1.29 is 14.7 Å². The molecule has 2 amide bonds. The molecular weight excluding hydrogens is 234 g/mol. The lowest BCUT2D eigenvalue weighted by Gasteiger charge is -2.16. The Kier molecular flexibility index (Phi) is 3.47. The molecule has 0 spiro atoms. The van der Waals surface area contributed by atoms with Crippen LogP contribution in [0.1, 0.15) is 16.8 Å². The van der Waals surface area contributed by atoms with Crippen LogP contribution in [0.2, 0.25) is 0 Å². The van der Waals surface area contributed by atoms with E-state index in [2.05, 4.69) is 5.32 Å². The molecule has 1 atom stereocenters. The second-order valence-corrected chi connectivity index (χ2v) is 4.31. The van der Waals surface area contributed by atoms with Crippen LogP contribution in [-0.2, 0) is 0 Å². The lowest BCUT2D eigenvalue weighted by Crippen LogP contribution is -2.35. The van der Waals surface area contributed by atoms with E-state index in [0.29, 0.717) is 18.8 Å². The van der Waals surface area contributed by atoms with Crippen molar-refractivity contribution in [3.05, 3.63) is 29.8 Å². The molecule has 1 aliphatic rings. The Hall–Kier alpha value is -2.08. The van der Waals surface area contributed by atoms with E-state index in [4.69, 9.17) is 10.8 Å². The average molecular weight is 249 g/mol. The molecule has 1 aromatic carbocycles. The van der Waals surface area contributed by atoms with Gasteiger partial charge in [-0.25, -0.2) is 9.59 Å². The molecule has 1 heterocycles. The number of benzene rings is 1. The van der Waals surface area contributed by atoms with Gasteiger partial charge in [-0.05, 0) is 30.7 Å². The van der Waals surface area contributed by atoms with Crippen LogP contribution in [0.5, 0.6) is 0 Å². The van der Waals surface area contributed by atoms with Gasteiger partial charge in [-0.2, -0.15) is 0 Å². The van der Waals surface area contributed by atoms with E-state index in [1.165, 1.54) is 12.1 Å². The Morgan fingerprint density at radius 3 is 2.50 bits per heavy atom. The number of nitrogens with two attached hydrogens (primary N) is 1. The normalized spacial score (nSPS) is 18.7. The van der Waals surface area contributed by atoms with Crippen molar-refractivity contribution >= 4 is 17.7 Å². The van der Waals surface area contributed by atoms with Gasteiger partial charge >= 0.3 is 12.0 Å². The highest BCUT2D eigenvalue weighted by atomic mass is 16.4. The smallest absolute Gasteiger partial charge is 0.335 e. The maximum absolute atomic E-state index is 11.8. The minimum Gasteiger partial charge on any atom is -0.478 e. The van der Waals surface area contributed by atoms with Crippen molar-refractivity contribution in [3.8, 4) is 0 Å². The van der Waals surface area contributed by atoms with Gasteiger partial charge in [-0.15, -0.1) is 0 Å². The highest BCUT2D eigenvalue weighted by Crippen LogP contribution is 2.13. The van der Waals surface area contributed by atoms with Crippen LogP contribution in [0.25, 0.3) is 0 Å². The third kappa shape index (κ3) is 2.78. The molecule has 4 N–H and O–H groups in total. The van der Waals surface area contributed by atoms with Crippen LogP contribution in [-0.4, -0.2) is 41.1 Å². The van der Waals surface area contributed by atoms with E-state index in [0.717, 1.165) is 6.42 Å². The van der Waals surface area contributed by atoms with Gasteiger partial charge in [0, 0.05) is 24.8 Å². The maximum atomic E-state index is 11.8. The van der Waals surface area contributed by atoms with Gasteiger partial charge in [0.2, 0.25) is 0 Å². The fourth-order valence-corrected chi connectivity index (χ4v) is 1.87. The van der Waals surface area contributed by atoms with Gasteiger partial charge in [-0.1, -0.05) is 0 Å². The summed E-state index contributed by atoms with van der Waals surface area (Å²) in [5.74, 6) is -0.988. The summed E-state index contributed by atoms with van der Waals surface area (Å²) in [4.78, 5) is 24.1. The van der Waals surface area contributed by atoms with Crippen molar-refractivity contribution in [2.24, 2.45) is 5.73 Å². The number of nitrogens with one attached hydrogen (secondary N) is 1. The largest absolute Gasteiger partial charge is 0.478 e. The zero-order chi connectivity index (χ0) is 13.1. The molecule has 6 nitrogen and oxygen atoms in total. The lowest BCUT2D eigenvalue weighted by molar-refractivity contribution is 0.0697. The molecular formula is C12H15N3O3. The number of hydrogen-bond acceptors (Lipinski definition) is 3. The lowest BCUT2D eigenvalue weighted by atomic mass is 10.2. The van der Waals surface area contributed by atoms with Crippen LogP contribution in [0.15, 0.2) is 24.3 Å². The Balaban J connectivity index is 1.97. The van der Waals surface area contributed by atoms with E-state index in [1.807, 2.05) is 0 Å². The highest BCUT2D eigenvalue weighted by molar-refractivity contribution is 5.91. The van der Waals surface area contributed by atoms with E-state index >= 15 is 0 Å². The van der Waals surface area contributed by atoms with Crippen LogP contribution >= 0.6 is 0 Å². The van der Waals surface area contributed by atoms with Crippen molar-refractivity contribution in [2.75, 3.05) is 18.4 Å². The minimum atomic E-state index is -0.988. The van der Waals surface area contributed by atoms with Crippen LogP contribution < -0.4 is 11.1 Å². The first-order chi connectivity index (χ1) is 8.56. The third-order valence-corrected chi connectivity index (χ3v) is 2.90. The van der Waals surface area contributed by atoms with Crippen LogP contribution in [0.4, 0.5) is 10.5 Å². The van der Waals surface area contributed by atoms with Gasteiger partial charge in [-0.3, -0.25) is 0 Å². The Morgan fingerprint density at radius 1 is 1.33 bits per heavy atom. The fourth-order valence-electron chi connectivity index (χ4n) is 1.87. The number of hydrogen-bond donors (Lipinski definition) is 3. The summed E-state index contributed by atoms with van der Waals surface area (Å²) < 4.78 is 0. The summed E-state index contributed by atoms with van der Waals surface area (Å²) in [6.07, 6.45) is 0.811. The summed E-state index contributed by atoms with van der Waals surface area (Å²) >= 11 is 0. The van der Waals surface area contributed by atoms with Crippen molar-refractivity contribution in [2.45, 2.75) is 12.5 Å². The molecule has 6 heteroatoms. The van der Waals surface area contributed by atoms with Gasteiger partial charge in [0.25, 0.3) is 0 Å². The minimum absolute atomic E-state index is 0.0464. The predicted molar refractivity (Wildman–Crippen MR) is 66.6 cm³/mol. The standard InChI is InChI=1S/C12H15N3O3/c13-9-5-6-15(7-9)12(18)14-10-3-1-8(2-4-10)11(16)17/h1-4,9H,5-7,13H2,(H,14,18)(H,16,17). The Bertz CT molecular complexity index is 458. The molecule has 2 rings (SSSR count). The molecule has 0 radical (unpaired) electrons. The fraction of sp³-hybridized carbons (Fsp3) is 0.333. The SMILES string of the molecule is NC1CCN(C(=O)Nc2ccc(C(=O)O)cc2)C1. The molecule has 1 aromatic rings. The van der Waals surface area contributed by atoms with E-state index < -0.39 is 5.97 Å². The highest BCUT2D eigenvalue weighted by Gasteiger charge is 2.23. The number of likely N-dealkylation sites (tertiary alicyclic amines) is 1. The molecule has 0 bridgehead atoms. The number of carboxylic acids is 1. The predicted octanol–water partition coefficient (Wildman–Crippen LogP) is 0.950. The molecule has 1 unspecified atom stereocenters. The Morgan fingerprint density at radius 2 is 2.00 bits per heavy atom. The zero-order valence-corrected chi connectivity index (χ0v) is 9.80. The summed E-state index contributed by atoms with van der Waals surface area (Å²) in [7, 11) is 0. The summed E-state index contributed by atoms with van der Waals surface area (Å²) in [5, 5.41) is 11.5. The van der Waals surface area contributed by atoms with Gasteiger partial charge in [0.05, 0.1) is 5.56 Å². The summed E-state index contributed by atoms with van der Waals surface area (Å²) in [5.41, 5.74) is 6.49. The van der Waals surface area contributed by atoms with E-state index in [1.54, 1.807) is 17.0 Å². The summed E-state index contributed by atoms with van der Waals surface area (Å²) in [6.45, 7) is 1.21. The van der Waals surface area contributed by atoms with Crippen LogP contribution in [0, 0.1) is 0 Å². The van der Waals surface area contributed by atoms with E-state index in [9.17, 15) is 9.59 Å². The van der Waals surface area contributed by atoms with Crippen molar-refractivity contribution in [1.82, 2.24) is 4.90 Å². The number of carbonyl (C=O) groups is 2. The second kappa shape index (κ2) is 5.05. The van der Waals surface area contributed by atoms with Gasteiger partial charge in [0.15, 0.2) is 0 Å². The average Bonchev–Trinajstić information content (AvgIpc) is 2.76. The van der Waals surface area contributed by atoms with Crippen molar-refractivity contribution in [3.63, 3.8) is 0 Å². The van der Waals surface area contributed by atoms with Crippen molar-refractivity contribution in [1.29, 1.82) is 0 Å². The van der Waals surface area contributed by atoms with Gasteiger partial charge in [0.1, 0.15) is 0 Å². The maximum Gasteiger partial charge on any atom is 0.335 e. The summed E-state index contributed by atoms with van der Waals surface area (Å²) in [6, 6.07) is 5.88. The molecule has 1 aliphatic heterocycles. The molecule has 1 saturated heterocycles. The molecule has 18 heavy (non-hydrogen) atoms. The number of amides is 2. The number of aromatic carboxylic acids is 1. The first-order valence-corrected chi connectivity index (χ1v) is 5.71. The Labute approximate surface area is 104 Å². The molecule has 0 saturated carbocycles. The first kappa shape index (κ1) is 12.4. The molecule has 0 aromatic heterocycles.